The number of halogens is 11. The van der Waals surface area contributed by atoms with Gasteiger partial charge in [0.25, 0.3) is 0 Å². The van der Waals surface area contributed by atoms with Gasteiger partial charge in [0.1, 0.15) is 6.10 Å². The highest BCUT2D eigenvalue weighted by Crippen LogP contribution is 2.52. The van der Waals surface area contributed by atoms with E-state index in [0.29, 0.717) is 6.92 Å². The molecule has 0 N–H and O–H groups in total. The van der Waals surface area contributed by atoms with Crippen LogP contribution in [-0.4, -0.2) is 55.0 Å². The van der Waals surface area contributed by atoms with E-state index in [1.165, 1.54) is 0 Å². The van der Waals surface area contributed by atoms with E-state index >= 15 is 0 Å². The zero-order valence-electron chi connectivity index (χ0n) is 17.7. The average Bonchev–Trinajstić information content (AvgIpc) is 3.30. The van der Waals surface area contributed by atoms with Crippen molar-refractivity contribution in [1.82, 2.24) is 0 Å². The highest BCUT2D eigenvalue weighted by Gasteiger charge is 2.75. The molecule has 0 aromatic carbocycles. The highest BCUT2D eigenvalue weighted by atomic mass is 19.4. The number of hydrogen-bond donors (Lipinski definition) is 0. The van der Waals surface area contributed by atoms with E-state index in [9.17, 15) is 57.9 Å². The summed E-state index contributed by atoms with van der Waals surface area (Å²) in [7, 11) is 0. The van der Waals surface area contributed by atoms with Gasteiger partial charge >= 0.3 is 42.3 Å². The lowest BCUT2D eigenvalue weighted by molar-refractivity contribution is -0.344. The number of rotatable bonds is 9. The van der Waals surface area contributed by atoms with Crippen LogP contribution in [0.25, 0.3) is 0 Å². The Morgan fingerprint density at radius 1 is 0.941 bits per heavy atom. The van der Waals surface area contributed by atoms with Crippen molar-refractivity contribution in [3.8, 4) is 0 Å². The Labute approximate surface area is 186 Å². The number of hydrogen-bond acceptors (Lipinski definition) is 4. The monoisotopic (exact) mass is 522 g/mol. The third-order valence-electron chi connectivity index (χ3n) is 6.64. The van der Waals surface area contributed by atoms with Gasteiger partial charge in [-0.1, -0.05) is 6.92 Å². The van der Waals surface area contributed by atoms with Crippen LogP contribution in [0.2, 0.25) is 0 Å². The van der Waals surface area contributed by atoms with Crippen molar-refractivity contribution in [1.29, 1.82) is 0 Å². The number of fused-ring (bicyclic) bond motifs is 2. The molecule has 2 rings (SSSR count). The van der Waals surface area contributed by atoms with Crippen LogP contribution in [0, 0.1) is 23.2 Å². The molecule has 34 heavy (non-hydrogen) atoms. The average molecular weight is 522 g/mol. The first-order valence-electron chi connectivity index (χ1n) is 10.1. The fourth-order valence-corrected chi connectivity index (χ4v) is 4.16. The molecule has 2 aliphatic rings. The maximum Gasteiger partial charge on any atom is 0.404 e. The molecule has 0 aromatic heterocycles. The molecule has 4 nitrogen and oxygen atoms in total. The van der Waals surface area contributed by atoms with Crippen LogP contribution in [0.3, 0.4) is 0 Å². The smallest absolute Gasteiger partial charge is 0.404 e. The van der Waals surface area contributed by atoms with Crippen LogP contribution in [-0.2, 0) is 19.1 Å². The summed E-state index contributed by atoms with van der Waals surface area (Å²) in [5.41, 5.74) is -2.85. The Hall–Kier alpha value is -1.83. The second-order valence-corrected chi connectivity index (χ2v) is 8.78. The van der Waals surface area contributed by atoms with E-state index in [1.54, 1.807) is 0 Å². The number of ether oxygens (including phenoxy) is 2. The van der Waals surface area contributed by atoms with E-state index < -0.39 is 78.7 Å². The number of carbonyl (C=O) groups is 2. The molecule has 2 fully saturated rings. The lowest BCUT2D eigenvalue weighted by atomic mass is 9.84. The minimum Gasteiger partial charge on any atom is -0.461 e. The summed E-state index contributed by atoms with van der Waals surface area (Å²) in [6.07, 6.45) is -11.8. The van der Waals surface area contributed by atoms with Gasteiger partial charge in [0.05, 0.1) is 5.92 Å². The van der Waals surface area contributed by atoms with Crippen molar-refractivity contribution in [3.63, 3.8) is 0 Å². The van der Waals surface area contributed by atoms with Gasteiger partial charge in [0.2, 0.25) is 0 Å². The van der Waals surface area contributed by atoms with Crippen molar-refractivity contribution in [2.75, 3.05) is 6.61 Å². The van der Waals surface area contributed by atoms with Gasteiger partial charge in [-0.2, -0.15) is 39.5 Å². The lowest BCUT2D eigenvalue weighted by Gasteiger charge is -2.34. The maximum absolute atomic E-state index is 13.6. The van der Waals surface area contributed by atoms with Crippen molar-refractivity contribution < 1.29 is 67.4 Å². The molecular formula is C19H21F11O4. The first-order valence-corrected chi connectivity index (χ1v) is 10.1. The molecule has 0 radical (unpaired) electrons. The molecule has 5 unspecified atom stereocenters. The predicted molar refractivity (Wildman–Crippen MR) is 90.5 cm³/mol. The van der Waals surface area contributed by atoms with E-state index in [4.69, 9.17) is 4.74 Å². The van der Waals surface area contributed by atoms with E-state index in [0.717, 1.165) is 6.92 Å². The first kappa shape index (κ1) is 28.4. The second-order valence-electron chi connectivity index (χ2n) is 8.78. The van der Waals surface area contributed by atoms with Crippen LogP contribution in [0.1, 0.15) is 39.5 Å². The fourth-order valence-electron chi connectivity index (χ4n) is 4.16. The van der Waals surface area contributed by atoms with Gasteiger partial charge in [-0.15, -0.1) is 0 Å². The molecule has 0 spiro atoms. The van der Waals surface area contributed by atoms with Gasteiger partial charge in [0, 0.05) is 5.92 Å². The molecule has 2 bridgehead atoms. The summed E-state index contributed by atoms with van der Waals surface area (Å²) < 4.78 is 153. The summed E-state index contributed by atoms with van der Waals surface area (Å²) in [6, 6.07) is 0. The van der Waals surface area contributed by atoms with Crippen molar-refractivity contribution in [3.05, 3.63) is 0 Å². The van der Waals surface area contributed by atoms with Crippen LogP contribution >= 0.6 is 0 Å². The minimum absolute atomic E-state index is 0.0585. The van der Waals surface area contributed by atoms with Crippen molar-refractivity contribution in [2.45, 2.75) is 76.0 Å². The molecule has 0 heterocycles. The SMILES string of the molecule is CCC(C)(C(=O)OC1CC2CC(C(=O)OCC(F)(F)C(F)(F)C(F)(F)C(F)F)C1C2)C(F)(F)F. The molecule has 2 saturated carbocycles. The van der Waals surface area contributed by atoms with Crippen LogP contribution < -0.4 is 0 Å². The third-order valence-corrected chi connectivity index (χ3v) is 6.64. The van der Waals surface area contributed by atoms with Gasteiger partial charge in [0.15, 0.2) is 12.0 Å². The third kappa shape index (κ3) is 4.67. The molecule has 0 aromatic rings. The largest absolute Gasteiger partial charge is 0.461 e. The summed E-state index contributed by atoms with van der Waals surface area (Å²) in [6.45, 7) is -0.920. The quantitative estimate of drug-likeness (QED) is 0.291. The van der Waals surface area contributed by atoms with Gasteiger partial charge in [-0.3, -0.25) is 9.59 Å². The summed E-state index contributed by atoms with van der Waals surface area (Å²) in [5.74, 6) is -24.7. The summed E-state index contributed by atoms with van der Waals surface area (Å²) in [4.78, 5) is 24.4. The Bertz CT molecular complexity index is 783. The fraction of sp³-hybridized carbons (Fsp3) is 0.895. The van der Waals surface area contributed by atoms with Crippen LogP contribution in [0.5, 0.6) is 0 Å². The number of carbonyl (C=O) groups excluding carboxylic acids is 2. The number of alkyl halides is 11. The standard InChI is InChI=1S/C19H21F11O4/c1-3-15(2,19(28,29)30)14(32)34-11-6-8-4-9(11)10(5-8)12(31)33-7-16(22,23)18(26,27)17(24,25)13(20)21/h8-11,13H,3-7H2,1-2H3. The normalized spacial score (nSPS) is 27.6. The van der Waals surface area contributed by atoms with E-state index in [-0.39, 0.29) is 25.2 Å². The van der Waals surface area contributed by atoms with Crippen LogP contribution in [0.4, 0.5) is 48.3 Å². The lowest BCUT2D eigenvalue weighted by Crippen LogP contribution is -2.59. The molecule has 0 aliphatic heterocycles. The van der Waals surface area contributed by atoms with E-state index in [2.05, 4.69) is 4.74 Å². The molecule has 15 heteroatoms. The molecule has 0 amide bonds. The van der Waals surface area contributed by atoms with Gasteiger partial charge in [-0.25, -0.2) is 8.78 Å². The molecule has 2 aliphatic carbocycles. The summed E-state index contributed by atoms with van der Waals surface area (Å²) >= 11 is 0. The van der Waals surface area contributed by atoms with Gasteiger partial charge in [-0.05, 0) is 38.5 Å². The topological polar surface area (TPSA) is 52.6 Å². The van der Waals surface area contributed by atoms with Gasteiger partial charge < -0.3 is 9.47 Å². The second kappa shape index (κ2) is 8.99. The first-order chi connectivity index (χ1) is 15.2. The Morgan fingerprint density at radius 2 is 1.50 bits per heavy atom. The molecule has 5 atom stereocenters. The van der Waals surface area contributed by atoms with E-state index in [1.807, 2.05) is 0 Å². The molecule has 198 valence electrons. The zero-order valence-corrected chi connectivity index (χ0v) is 17.7. The van der Waals surface area contributed by atoms with Crippen LogP contribution in [0.15, 0.2) is 0 Å². The Balaban J connectivity index is 2.07. The Morgan fingerprint density at radius 3 is 1.94 bits per heavy atom. The molecule has 0 saturated heterocycles. The Kier molecular flexibility index (Phi) is 7.51. The minimum atomic E-state index is -6.55. The highest BCUT2D eigenvalue weighted by molar-refractivity contribution is 5.78. The zero-order chi connectivity index (χ0) is 26.5. The number of esters is 2. The molecular weight excluding hydrogens is 501 g/mol. The predicted octanol–water partition coefficient (Wildman–Crippen LogP) is 5.64. The maximum atomic E-state index is 13.6. The van der Waals surface area contributed by atoms with Crippen molar-refractivity contribution >= 4 is 11.9 Å². The summed E-state index contributed by atoms with van der Waals surface area (Å²) in [5, 5.41) is 0. The van der Waals surface area contributed by atoms with Crippen molar-refractivity contribution in [2.24, 2.45) is 23.2 Å².